The predicted molar refractivity (Wildman–Crippen MR) is 279 cm³/mol. The highest BCUT2D eigenvalue weighted by Gasteiger charge is 2.26. The molecule has 7 rings (SSSR count). The normalized spacial score (nSPS) is 12.9. The van der Waals surface area contributed by atoms with Gasteiger partial charge < -0.3 is 24.0 Å². The third-order valence-corrected chi connectivity index (χ3v) is 12.7. The first kappa shape index (κ1) is 48.2. The number of hydrogen-bond acceptors (Lipinski definition) is 6. The fraction of sp³-hybridized carbons (Fsp3) is 0.295. The van der Waals surface area contributed by atoms with Crippen molar-refractivity contribution in [3.8, 4) is 23.0 Å². The Morgan fingerprint density at radius 2 is 0.746 bits per heavy atom. The van der Waals surface area contributed by atoms with Crippen molar-refractivity contribution < 1.29 is 19.0 Å². The van der Waals surface area contributed by atoms with Crippen molar-refractivity contribution in [2.24, 2.45) is 0 Å². The third-order valence-electron chi connectivity index (χ3n) is 12.7. The summed E-state index contributed by atoms with van der Waals surface area (Å²) in [5.41, 5.74) is 7.04. The molecule has 7 aromatic carbocycles. The van der Waals surface area contributed by atoms with Gasteiger partial charge in [-0.1, -0.05) is 89.8 Å². The van der Waals surface area contributed by atoms with Crippen molar-refractivity contribution in [2.75, 3.05) is 9.80 Å². The van der Waals surface area contributed by atoms with Crippen molar-refractivity contribution in [1.82, 2.24) is 0 Å². The molecule has 0 radical (unpaired) electrons. The molecule has 2 atom stereocenters. The van der Waals surface area contributed by atoms with Crippen LogP contribution in [0.1, 0.15) is 122 Å². The molecule has 0 saturated heterocycles. The van der Waals surface area contributed by atoms with Crippen LogP contribution < -0.4 is 24.0 Å². The number of unbranched alkanes of at least 4 members (excludes halogenated alkanes) is 3. The molecule has 0 amide bonds. The lowest BCUT2D eigenvalue weighted by Gasteiger charge is -2.31. The quantitative estimate of drug-likeness (QED) is 0.0445. The topological polar surface area (TPSA) is 51.2 Å². The number of ketones is 1. The molecule has 2 unspecified atom stereocenters. The van der Waals surface area contributed by atoms with Gasteiger partial charge in [0.15, 0.2) is 5.78 Å². The van der Waals surface area contributed by atoms with Gasteiger partial charge in [-0.05, 0) is 198 Å². The summed E-state index contributed by atoms with van der Waals surface area (Å²) in [6, 6.07) is 61.0. The molecular weight excluding hydrogens is 825 g/mol. The van der Waals surface area contributed by atoms with Crippen LogP contribution in [0.3, 0.4) is 0 Å². The van der Waals surface area contributed by atoms with Gasteiger partial charge in [-0.25, -0.2) is 0 Å². The molecule has 0 aromatic heterocycles. The van der Waals surface area contributed by atoms with Gasteiger partial charge in [0.2, 0.25) is 0 Å². The molecular formula is C61H68N2O4. The SMILES string of the molecule is CCCCCC(C)(CCC)Oc1ccc(C(=O)c2ccc(Oc3ccc(N(c4ccccc4)c4ccc(N(c5ccccc5)c5ccc(OC(C)(CC)CCCC)cc5)cc4)cc3)cc2)cc1. The van der Waals surface area contributed by atoms with Crippen molar-refractivity contribution in [1.29, 1.82) is 0 Å². The van der Waals surface area contributed by atoms with Crippen molar-refractivity contribution in [2.45, 2.75) is 117 Å². The second-order valence-corrected chi connectivity index (χ2v) is 18.1. The lowest BCUT2D eigenvalue weighted by molar-refractivity contribution is 0.0660. The summed E-state index contributed by atoms with van der Waals surface area (Å²) in [6.07, 6.45) is 10.9. The van der Waals surface area contributed by atoms with E-state index in [1.807, 2.05) is 72.8 Å². The highest BCUT2D eigenvalue weighted by Crippen LogP contribution is 2.40. The molecule has 0 aliphatic carbocycles. The van der Waals surface area contributed by atoms with E-state index in [1.165, 1.54) is 12.8 Å². The van der Waals surface area contributed by atoms with E-state index in [4.69, 9.17) is 14.2 Å². The second-order valence-electron chi connectivity index (χ2n) is 18.1. The summed E-state index contributed by atoms with van der Waals surface area (Å²) in [4.78, 5) is 18.0. The number of carbonyl (C=O) groups excluding carboxylic acids is 1. The Morgan fingerprint density at radius 1 is 0.388 bits per heavy atom. The van der Waals surface area contributed by atoms with Crippen molar-refractivity contribution in [3.63, 3.8) is 0 Å². The molecule has 0 heterocycles. The summed E-state index contributed by atoms with van der Waals surface area (Å²) < 4.78 is 19.4. The number of benzene rings is 7. The first-order valence-electron chi connectivity index (χ1n) is 24.4. The first-order chi connectivity index (χ1) is 32.6. The Hall–Kier alpha value is -6.79. The number of carbonyl (C=O) groups is 1. The summed E-state index contributed by atoms with van der Waals surface area (Å²) in [7, 11) is 0. The van der Waals surface area contributed by atoms with Gasteiger partial charge in [0.1, 0.15) is 34.2 Å². The highest BCUT2D eigenvalue weighted by atomic mass is 16.5. The van der Waals surface area contributed by atoms with Gasteiger partial charge in [-0.15, -0.1) is 0 Å². The zero-order valence-electron chi connectivity index (χ0n) is 40.4. The molecule has 346 valence electrons. The Morgan fingerprint density at radius 3 is 1.16 bits per heavy atom. The average molecular weight is 893 g/mol. The fourth-order valence-electron chi connectivity index (χ4n) is 8.70. The smallest absolute Gasteiger partial charge is 0.193 e. The van der Waals surface area contributed by atoms with Gasteiger partial charge in [0, 0.05) is 45.3 Å². The van der Waals surface area contributed by atoms with Crippen molar-refractivity contribution in [3.05, 3.63) is 193 Å². The lowest BCUT2D eigenvalue weighted by atomic mass is 9.93. The Kier molecular flexibility index (Phi) is 16.6. The van der Waals surface area contributed by atoms with Gasteiger partial charge >= 0.3 is 0 Å². The van der Waals surface area contributed by atoms with E-state index in [2.05, 4.69) is 161 Å². The Labute approximate surface area is 400 Å². The fourth-order valence-corrected chi connectivity index (χ4v) is 8.70. The molecule has 0 aliphatic heterocycles. The maximum absolute atomic E-state index is 13.5. The summed E-state index contributed by atoms with van der Waals surface area (Å²) in [6.45, 7) is 13.3. The van der Waals surface area contributed by atoms with E-state index in [1.54, 1.807) is 0 Å². The molecule has 0 spiro atoms. The van der Waals surface area contributed by atoms with Crippen LogP contribution in [0.15, 0.2) is 182 Å². The molecule has 7 aromatic rings. The maximum Gasteiger partial charge on any atom is 0.193 e. The third kappa shape index (κ3) is 12.8. The van der Waals surface area contributed by atoms with E-state index < -0.39 is 0 Å². The van der Waals surface area contributed by atoms with Crippen LogP contribution in [0, 0.1) is 0 Å². The molecule has 0 aliphatic rings. The van der Waals surface area contributed by atoms with Crippen LogP contribution in [-0.4, -0.2) is 17.0 Å². The van der Waals surface area contributed by atoms with Gasteiger partial charge in [0.05, 0.1) is 0 Å². The lowest BCUT2D eigenvalue weighted by Crippen LogP contribution is -2.32. The molecule has 0 bridgehead atoms. The summed E-state index contributed by atoms with van der Waals surface area (Å²) in [5.74, 6) is 3.00. The van der Waals surface area contributed by atoms with E-state index in [0.29, 0.717) is 22.6 Å². The van der Waals surface area contributed by atoms with E-state index in [9.17, 15) is 4.79 Å². The van der Waals surface area contributed by atoms with Crippen LogP contribution >= 0.6 is 0 Å². The number of para-hydroxylation sites is 2. The zero-order valence-corrected chi connectivity index (χ0v) is 40.4. The standard InChI is InChI=1S/C61H68N2O4/c1-7-11-19-46-61(6,44-9-3)67-57-38-26-48(27-39-57)59(64)47-24-36-55(37-25-47)65-56-40-32-53(33-41-56)62(49-20-15-13-16-21-49)51-28-30-52(31-29-51)63(50-22-17-14-18-23-50)54-34-42-58(43-35-54)66-60(5,10-4)45-12-8-2/h13-18,20-43H,7-12,19,44-46H2,1-6H3. The minimum Gasteiger partial charge on any atom is -0.488 e. The monoisotopic (exact) mass is 893 g/mol. The maximum atomic E-state index is 13.5. The van der Waals surface area contributed by atoms with E-state index in [-0.39, 0.29) is 17.0 Å². The molecule has 0 saturated carbocycles. The first-order valence-corrected chi connectivity index (χ1v) is 24.4. The Balaban J connectivity index is 1.05. The number of hydrogen-bond donors (Lipinski definition) is 0. The number of anilines is 6. The zero-order chi connectivity index (χ0) is 47.1. The number of nitrogens with zero attached hydrogens (tertiary/aromatic N) is 2. The minimum atomic E-state index is -0.207. The Bertz CT molecular complexity index is 2560. The molecule has 6 nitrogen and oxygen atoms in total. The van der Waals surface area contributed by atoms with Gasteiger partial charge in [-0.2, -0.15) is 0 Å². The minimum absolute atomic E-state index is 0.0413. The number of ether oxygens (including phenoxy) is 3. The van der Waals surface area contributed by atoms with Crippen LogP contribution in [0.4, 0.5) is 34.1 Å². The molecule has 0 N–H and O–H groups in total. The van der Waals surface area contributed by atoms with Crippen LogP contribution in [-0.2, 0) is 0 Å². The number of rotatable bonds is 24. The van der Waals surface area contributed by atoms with Gasteiger partial charge in [-0.3, -0.25) is 4.79 Å². The predicted octanol–water partition coefficient (Wildman–Crippen LogP) is 17.9. The largest absolute Gasteiger partial charge is 0.488 e. The van der Waals surface area contributed by atoms with E-state index in [0.717, 1.165) is 97.0 Å². The van der Waals surface area contributed by atoms with Gasteiger partial charge in [0.25, 0.3) is 0 Å². The van der Waals surface area contributed by atoms with Crippen LogP contribution in [0.2, 0.25) is 0 Å². The molecule has 0 fully saturated rings. The van der Waals surface area contributed by atoms with E-state index >= 15 is 0 Å². The average Bonchev–Trinajstić information content (AvgIpc) is 3.36. The highest BCUT2D eigenvalue weighted by molar-refractivity contribution is 6.09. The summed E-state index contributed by atoms with van der Waals surface area (Å²) >= 11 is 0. The molecule has 6 heteroatoms. The molecule has 67 heavy (non-hydrogen) atoms. The second kappa shape index (κ2) is 23.1. The summed E-state index contributed by atoms with van der Waals surface area (Å²) in [5, 5.41) is 0. The van der Waals surface area contributed by atoms with Crippen molar-refractivity contribution >= 4 is 39.9 Å². The van der Waals surface area contributed by atoms with Crippen LogP contribution in [0.5, 0.6) is 23.0 Å². The van der Waals surface area contributed by atoms with Crippen LogP contribution in [0.25, 0.3) is 0 Å².